The highest BCUT2D eigenvalue weighted by Gasteiger charge is 2.46. The third-order valence-corrected chi connectivity index (χ3v) is 2.84. The molecule has 0 bridgehead atoms. The van der Waals surface area contributed by atoms with E-state index in [0.29, 0.717) is 0 Å². The molecule has 5 nitrogen and oxygen atoms in total. The third-order valence-electron chi connectivity index (χ3n) is 2.84. The van der Waals surface area contributed by atoms with Crippen molar-refractivity contribution >= 4 is 24.3 Å². The molecule has 1 atom stereocenters. The van der Waals surface area contributed by atoms with Crippen LogP contribution in [-0.2, 0) is 19.1 Å². The number of esters is 2. The van der Waals surface area contributed by atoms with Gasteiger partial charge in [0.2, 0.25) is 0 Å². The van der Waals surface area contributed by atoms with Gasteiger partial charge in [-0.2, -0.15) is 0 Å². The van der Waals surface area contributed by atoms with Crippen LogP contribution in [0.2, 0.25) is 0 Å². The minimum atomic E-state index is -1.18. The second kappa shape index (κ2) is 6.81. The summed E-state index contributed by atoms with van der Waals surface area (Å²) in [5, 5.41) is 0. The first kappa shape index (κ1) is 18.6. The van der Waals surface area contributed by atoms with E-state index in [1.165, 1.54) is 14.2 Å². The summed E-state index contributed by atoms with van der Waals surface area (Å²) in [6.45, 7) is 5.50. The highest BCUT2D eigenvalue weighted by Crippen LogP contribution is 2.33. The fraction of sp³-hybridized carbons (Fsp3) is 0.818. The van der Waals surface area contributed by atoms with E-state index in [0.717, 1.165) is 0 Å². The van der Waals surface area contributed by atoms with Crippen LogP contribution in [0, 0.1) is 5.41 Å². The maximum atomic E-state index is 11.7. The molecule has 0 heterocycles. The molecule has 1 unspecified atom stereocenters. The lowest BCUT2D eigenvalue weighted by Crippen LogP contribution is -2.58. The quantitative estimate of drug-likeness (QED) is 0.776. The number of halogens is 1. The van der Waals surface area contributed by atoms with Gasteiger partial charge in [0.25, 0.3) is 0 Å². The molecule has 0 aromatic heterocycles. The maximum Gasteiger partial charge on any atom is 0.326 e. The molecule has 0 amide bonds. The molecule has 0 rings (SSSR count). The molecule has 102 valence electrons. The largest absolute Gasteiger partial charge is 0.469 e. The van der Waals surface area contributed by atoms with E-state index in [2.05, 4.69) is 4.74 Å². The minimum absolute atomic E-state index is 0. The van der Waals surface area contributed by atoms with Gasteiger partial charge in [0.1, 0.15) is 5.54 Å². The number of hydrogen-bond donors (Lipinski definition) is 1. The predicted octanol–water partition coefficient (Wildman–Crippen LogP) is 1.28. The van der Waals surface area contributed by atoms with E-state index in [1.54, 1.807) is 0 Å². The van der Waals surface area contributed by atoms with Crippen molar-refractivity contribution < 1.29 is 19.1 Å². The van der Waals surface area contributed by atoms with Gasteiger partial charge in [-0.1, -0.05) is 20.8 Å². The van der Waals surface area contributed by atoms with Crippen LogP contribution in [0.1, 0.15) is 33.6 Å². The minimum Gasteiger partial charge on any atom is -0.469 e. The number of carbonyl (C=O) groups excluding carboxylic acids is 2. The van der Waals surface area contributed by atoms with E-state index in [9.17, 15) is 9.59 Å². The summed E-state index contributed by atoms with van der Waals surface area (Å²) in [6.07, 6.45) is 0.301. The normalized spacial score (nSPS) is 14.2. The summed E-state index contributed by atoms with van der Waals surface area (Å²) < 4.78 is 9.22. The van der Waals surface area contributed by atoms with Crippen LogP contribution in [0.3, 0.4) is 0 Å². The Hall–Kier alpha value is -0.810. The molecule has 0 fully saturated rings. The van der Waals surface area contributed by atoms with Crippen molar-refractivity contribution in [3.63, 3.8) is 0 Å². The molecule has 0 spiro atoms. The van der Waals surface area contributed by atoms with Crippen molar-refractivity contribution in [2.45, 2.75) is 39.2 Å². The number of hydrogen-bond acceptors (Lipinski definition) is 5. The van der Waals surface area contributed by atoms with Crippen molar-refractivity contribution in [2.75, 3.05) is 14.2 Å². The average Bonchev–Trinajstić information content (AvgIpc) is 2.22. The Balaban J connectivity index is 0. The maximum absolute atomic E-state index is 11.7. The van der Waals surface area contributed by atoms with E-state index in [1.807, 2.05) is 20.8 Å². The van der Waals surface area contributed by atoms with E-state index < -0.39 is 16.9 Å². The van der Waals surface area contributed by atoms with E-state index in [-0.39, 0.29) is 31.2 Å². The molecule has 17 heavy (non-hydrogen) atoms. The Bertz CT molecular complexity index is 275. The Morgan fingerprint density at radius 3 is 1.88 bits per heavy atom. The van der Waals surface area contributed by atoms with Crippen molar-refractivity contribution in [3.05, 3.63) is 0 Å². The highest BCUT2D eigenvalue weighted by molar-refractivity contribution is 5.85. The van der Waals surface area contributed by atoms with Crippen LogP contribution in [-0.4, -0.2) is 31.7 Å². The summed E-state index contributed by atoms with van der Waals surface area (Å²) >= 11 is 0. The first-order chi connectivity index (χ1) is 7.19. The SMILES string of the molecule is COC(=O)CCC(N)(C(=O)OC)C(C)(C)C.Cl. The third kappa shape index (κ3) is 4.52. The zero-order valence-electron chi connectivity index (χ0n) is 11.0. The smallest absolute Gasteiger partial charge is 0.326 e. The van der Waals surface area contributed by atoms with Gasteiger partial charge in [-0.05, 0) is 11.8 Å². The Morgan fingerprint density at radius 2 is 1.59 bits per heavy atom. The molecule has 0 radical (unpaired) electrons. The number of nitrogens with two attached hydrogens (primary N) is 1. The van der Waals surface area contributed by atoms with Crippen molar-refractivity contribution in [3.8, 4) is 0 Å². The monoisotopic (exact) mass is 267 g/mol. The molecule has 6 heteroatoms. The predicted molar refractivity (Wildman–Crippen MR) is 66.9 cm³/mol. The first-order valence-electron chi connectivity index (χ1n) is 5.13. The summed E-state index contributed by atoms with van der Waals surface area (Å²) in [4.78, 5) is 22.7. The van der Waals surface area contributed by atoms with Gasteiger partial charge in [0, 0.05) is 6.42 Å². The number of rotatable bonds is 4. The molecule has 0 aromatic rings. The van der Waals surface area contributed by atoms with Gasteiger partial charge in [0.05, 0.1) is 14.2 Å². The molecule has 0 aliphatic rings. The number of carbonyl (C=O) groups is 2. The fourth-order valence-corrected chi connectivity index (χ4v) is 1.37. The Morgan fingerprint density at radius 1 is 1.12 bits per heavy atom. The van der Waals surface area contributed by atoms with Gasteiger partial charge in [0.15, 0.2) is 0 Å². The number of methoxy groups -OCH3 is 2. The van der Waals surface area contributed by atoms with Gasteiger partial charge in [-0.25, -0.2) is 0 Å². The van der Waals surface area contributed by atoms with Crippen LogP contribution in [0.4, 0.5) is 0 Å². The highest BCUT2D eigenvalue weighted by atomic mass is 35.5. The summed E-state index contributed by atoms with van der Waals surface area (Å²) in [7, 11) is 2.59. The standard InChI is InChI=1S/C11H21NO4.ClH/c1-10(2,3)11(12,9(14)16-5)7-6-8(13)15-4;/h6-7,12H2,1-5H3;1H. The molecule has 2 N–H and O–H groups in total. The van der Waals surface area contributed by atoms with Crippen molar-refractivity contribution in [2.24, 2.45) is 11.1 Å². The lowest BCUT2D eigenvalue weighted by molar-refractivity contribution is -0.153. The molecular weight excluding hydrogens is 246 g/mol. The second-order valence-electron chi connectivity index (χ2n) is 4.79. The van der Waals surface area contributed by atoms with Crippen LogP contribution in [0.25, 0.3) is 0 Å². The van der Waals surface area contributed by atoms with Crippen LogP contribution in [0.15, 0.2) is 0 Å². The van der Waals surface area contributed by atoms with Gasteiger partial charge in [-0.15, -0.1) is 12.4 Å². The summed E-state index contributed by atoms with van der Waals surface area (Å²) in [5.41, 5.74) is 4.37. The number of ether oxygens (including phenoxy) is 2. The van der Waals surface area contributed by atoms with E-state index >= 15 is 0 Å². The van der Waals surface area contributed by atoms with Crippen LogP contribution in [0.5, 0.6) is 0 Å². The molecule has 0 saturated carbocycles. The topological polar surface area (TPSA) is 78.6 Å². The summed E-state index contributed by atoms with van der Waals surface area (Å²) in [6, 6.07) is 0. The molecule has 0 aromatic carbocycles. The zero-order chi connectivity index (χ0) is 13.0. The zero-order valence-corrected chi connectivity index (χ0v) is 11.8. The average molecular weight is 268 g/mol. The fourth-order valence-electron chi connectivity index (χ4n) is 1.37. The van der Waals surface area contributed by atoms with Crippen molar-refractivity contribution in [1.29, 1.82) is 0 Å². The van der Waals surface area contributed by atoms with Gasteiger partial charge < -0.3 is 15.2 Å². The second-order valence-corrected chi connectivity index (χ2v) is 4.79. The van der Waals surface area contributed by atoms with Crippen LogP contribution < -0.4 is 5.73 Å². The van der Waals surface area contributed by atoms with Crippen LogP contribution >= 0.6 is 12.4 Å². The molecular formula is C11H22ClNO4. The molecule has 0 aliphatic carbocycles. The lowest BCUT2D eigenvalue weighted by atomic mass is 9.71. The molecule has 0 aliphatic heterocycles. The molecule has 0 saturated heterocycles. The van der Waals surface area contributed by atoms with Gasteiger partial charge >= 0.3 is 11.9 Å². The van der Waals surface area contributed by atoms with Crippen molar-refractivity contribution in [1.82, 2.24) is 0 Å². The Kier molecular flexibility index (Phi) is 7.43. The summed E-state index contributed by atoms with van der Waals surface area (Å²) in [5.74, 6) is -0.896. The van der Waals surface area contributed by atoms with Gasteiger partial charge in [-0.3, -0.25) is 9.59 Å². The lowest BCUT2D eigenvalue weighted by Gasteiger charge is -2.38. The van der Waals surface area contributed by atoms with E-state index in [4.69, 9.17) is 10.5 Å². The first-order valence-corrected chi connectivity index (χ1v) is 5.13. The Labute approximate surface area is 108 Å².